The lowest BCUT2D eigenvalue weighted by Crippen LogP contribution is -2.36. The van der Waals surface area contributed by atoms with Crippen molar-refractivity contribution < 1.29 is 4.39 Å². The Morgan fingerprint density at radius 2 is 2.04 bits per heavy atom. The molecule has 1 fully saturated rings. The molecule has 0 aromatic heterocycles. The molecule has 1 aromatic carbocycles. The van der Waals surface area contributed by atoms with Crippen LogP contribution in [0.3, 0.4) is 0 Å². The van der Waals surface area contributed by atoms with Gasteiger partial charge in [0, 0.05) is 6.54 Å². The summed E-state index contributed by atoms with van der Waals surface area (Å²) < 4.78 is 13.0. The highest BCUT2D eigenvalue weighted by Gasteiger charge is 2.33. The van der Waals surface area contributed by atoms with Crippen molar-refractivity contribution in [2.45, 2.75) is 45.7 Å². The first-order chi connectivity index (χ1) is 13.6. The van der Waals surface area contributed by atoms with Crippen LogP contribution in [0.15, 0.2) is 76.9 Å². The quantitative estimate of drug-likeness (QED) is 0.703. The van der Waals surface area contributed by atoms with Gasteiger partial charge in [-0.15, -0.1) is 0 Å². The van der Waals surface area contributed by atoms with Crippen LogP contribution in [-0.2, 0) is 6.42 Å². The zero-order valence-corrected chi connectivity index (χ0v) is 17.0. The predicted octanol–water partition coefficient (Wildman–Crippen LogP) is 4.70. The number of nitrogens with zero attached hydrogens (tertiary/aromatic N) is 1. The number of aliphatic imine (C=N–C) groups is 1. The number of guanidine groups is 1. The summed E-state index contributed by atoms with van der Waals surface area (Å²) in [6.45, 7) is 7.08. The summed E-state index contributed by atoms with van der Waals surface area (Å²) in [7, 11) is 0. The second kappa shape index (κ2) is 9.54. The highest BCUT2D eigenvalue weighted by molar-refractivity contribution is 5.84. The zero-order valence-electron chi connectivity index (χ0n) is 17.0. The van der Waals surface area contributed by atoms with E-state index in [2.05, 4.69) is 54.9 Å². The Morgan fingerprint density at radius 1 is 1.25 bits per heavy atom. The van der Waals surface area contributed by atoms with E-state index in [-0.39, 0.29) is 17.9 Å². The molecule has 3 nitrogen and oxygen atoms in total. The Kier molecular flexibility index (Phi) is 6.85. The third-order valence-corrected chi connectivity index (χ3v) is 5.25. The van der Waals surface area contributed by atoms with Crippen molar-refractivity contribution >= 4 is 5.96 Å². The molecule has 2 N–H and O–H groups in total. The van der Waals surface area contributed by atoms with Gasteiger partial charge in [-0.05, 0) is 61.4 Å². The fraction of sp³-hybridized carbons (Fsp3) is 0.375. The monoisotopic (exact) mass is 379 g/mol. The molecular formula is C24H30FN3. The Hall–Kier alpha value is -2.62. The van der Waals surface area contributed by atoms with E-state index in [0.717, 1.165) is 24.4 Å². The van der Waals surface area contributed by atoms with Gasteiger partial charge < -0.3 is 10.6 Å². The van der Waals surface area contributed by atoms with E-state index in [1.165, 1.54) is 23.3 Å². The van der Waals surface area contributed by atoms with Crippen LogP contribution in [0.2, 0.25) is 0 Å². The summed E-state index contributed by atoms with van der Waals surface area (Å²) in [5, 5.41) is 7.13. The largest absolute Gasteiger partial charge is 0.347 e. The molecule has 3 atom stereocenters. The molecule has 0 saturated carbocycles. The summed E-state index contributed by atoms with van der Waals surface area (Å²) in [5.74, 6) is 1.23. The van der Waals surface area contributed by atoms with Gasteiger partial charge >= 0.3 is 0 Å². The van der Waals surface area contributed by atoms with Gasteiger partial charge in [0.05, 0.1) is 12.1 Å². The fourth-order valence-electron chi connectivity index (χ4n) is 3.52. The lowest BCUT2D eigenvalue weighted by atomic mass is 9.89. The first-order valence-corrected chi connectivity index (χ1v) is 10.1. The van der Waals surface area contributed by atoms with Crippen molar-refractivity contribution in [2.24, 2.45) is 10.9 Å². The Bertz CT molecular complexity index is 815. The number of rotatable bonds is 6. The van der Waals surface area contributed by atoms with Crippen LogP contribution in [0.1, 0.15) is 32.8 Å². The maximum Gasteiger partial charge on any atom is 0.192 e. The Morgan fingerprint density at radius 3 is 2.71 bits per heavy atom. The van der Waals surface area contributed by atoms with E-state index in [9.17, 15) is 4.39 Å². The molecule has 1 heterocycles. The first-order valence-electron chi connectivity index (χ1n) is 10.1. The molecule has 28 heavy (non-hydrogen) atoms. The van der Waals surface area contributed by atoms with E-state index in [1.54, 1.807) is 0 Å². The highest BCUT2D eigenvalue weighted by atomic mass is 19.1. The van der Waals surface area contributed by atoms with Gasteiger partial charge in [0.15, 0.2) is 5.96 Å². The van der Waals surface area contributed by atoms with E-state index < -0.39 is 0 Å². The molecule has 0 amide bonds. The summed E-state index contributed by atoms with van der Waals surface area (Å²) in [6.07, 6.45) is 15.0. The van der Waals surface area contributed by atoms with Crippen LogP contribution in [0.25, 0.3) is 0 Å². The molecule has 0 radical (unpaired) electrons. The number of allylic oxidation sites excluding steroid dienone is 5. The maximum atomic E-state index is 13.0. The van der Waals surface area contributed by atoms with Crippen molar-refractivity contribution in [2.75, 3.05) is 6.54 Å². The second-order valence-corrected chi connectivity index (χ2v) is 7.56. The molecule has 2 aliphatic rings. The van der Waals surface area contributed by atoms with Crippen LogP contribution in [0.5, 0.6) is 0 Å². The van der Waals surface area contributed by atoms with E-state index in [4.69, 9.17) is 4.99 Å². The minimum Gasteiger partial charge on any atom is -0.347 e. The van der Waals surface area contributed by atoms with Crippen LogP contribution >= 0.6 is 0 Å². The molecule has 148 valence electrons. The smallest absolute Gasteiger partial charge is 0.192 e. The van der Waals surface area contributed by atoms with Gasteiger partial charge in [-0.2, -0.15) is 0 Å². The maximum absolute atomic E-state index is 13.0. The molecule has 1 aliphatic carbocycles. The third-order valence-electron chi connectivity index (χ3n) is 5.25. The van der Waals surface area contributed by atoms with Crippen molar-refractivity contribution in [1.82, 2.24) is 10.6 Å². The van der Waals surface area contributed by atoms with Gasteiger partial charge in [0.1, 0.15) is 5.82 Å². The molecule has 4 heteroatoms. The van der Waals surface area contributed by atoms with Gasteiger partial charge in [0.25, 0.3) is 0 Å². The van der Waals surface area contributed by atoms with Crippen LogP contribution < -0.4 is 10.6 Å². The van der Waals surface area contributed by atoms with Crippen molar-refractivity contribution in [1.29, 1.82) is 0 Å². The molecule has 0 bridgehead atoms. The third kappa shape index (κ3) is 5.22. The zero-order chi connectivity index (χ0) is 19.9. The SMILES string of the molecule is C/C=C\C=C(/C)[C@H]1NC(=NCCc2ccc(F)cc2)N[C@H]1C1=CCC(C)C=C1. The van der Waals surface area contributed by atoms with Crippen LogP contribution in [-0.4, -0.2) is 24.6 Å². The predicted molar refractivity (Wildman–Crippen MR) is 116 cm³/mol. The lowest BCUT2D eigenvalue weighted by molar-refractivity contribution is 0.619. The molecule has 3 rings (SSSR count). The second-order valence-electron chi connectivity index (χ2n) is 7.56. The average molecular weight is 380 g/mol. The topological polar surface area (TPSA) is 36.4 Å². The highest BCUT2D eigenvalue weighted by Crippen LogP contribution is 2.24. The average Bonchev–Trinajstić information content (AvgIpc) is 3.12. The standard InChI is InChI=1S/C24H30FN3/c1-4-5-6-18(3)22-23(20-11-7-17(2)8-12-20)28-24(27-22)26-16-15-19-9-13-21(25)14-10-19/h4-7,9-14,17,22-23H,8,15-16H2,1-3H3,(H2,26,27,28)/b5-4-,18-6+/t17?,22-,23+/m1/s1. The van der Waals surface area contributed by atoms with E-state index >= 15 is 0 Å². The minimum absolute atomic E-state index is 0.171. The first kappa shape index (κ1) is 20.1. The number of hydrogen-bond donors (Lipinski definition) is 2. The Balaban J connectivity index is 1.71. The van der Waals surface area contributed by atoms with Gasteiger partial charge in [0.2, 0.25) is 0 Å². The molecule has 0 spiro atoms. The number of halogens is 1. The number of nitrogens with one attached hydrogen (secondary N) is 2. The van der Waals surface area contributed by atoms with Crippen molar-refractivity contribution in [3.05, 3.63) is 83.2 Å². The summed E-state index contributed by atoms with van der Waals surface area (Å²) in [6, 6.07) is 6.98. The Labute approximate surface area is 167 Å². The fourth-order valence-corrected chi connectivity index (χ4v) is 3.52. The molecule has 1 aliphatic heterocycles. The number of hydrogen-bond acceptors (Lipinski definition) is 1. The number of benzene rings is 1. The van der Waals surface area contributed by atoms with Crippen molar-refractivity contribution in [3.8, 4) is 0 Å². The van der Waals surface area contributed by atoms with E-state index in [1.807, 2.05) is 25.1 Å². The van der Waals surface area contributed by atoms with Crippen LogP contribution in [0, 0.1) is 11.7 Å². The molecule has 1 aromatic rings. The summed E-state index contributed by atoms with van der Waals surface area (Å²) in [4.78, 5) is 4.72. The van der Waals surface area contributed by atoms with Crippen LogP contribution in [0.4, 0.5) is 4.39 Å². The minimum atomic E-state index is -0.202. The van der Waals surface area contributed by atoms with E-state index in [0.29, 0.717) is 12.5 Å². The van der Waals surface area contributed by atoms with Gasteiger partial charge in [-0.25, -0.2) is 4.39 Å². The van der Waals surface area contributed by atoms with Gasteiger partial charge in [-0.3, -0.25) is 4.99 Å². The van der Waals surface area contributed by atoms with Gasteiger partial charge in [-0.1, -0.05) is 55.5 Å². The summed E-state index contributed by atoms with van der Waals surface area (Å²) in [5.41, 5.74) is 3.67. The molecule has 1 saturated heterocycles. The molecule has 1 unspecified atom stereocenters. The summed E-state index contributed by atoms with van der Waals surface area (Å²) >= 11 is 0. The van der Waals surface area contributed by atoms with Crippen molar-refractivity contribution in [3.63, 3.8) is 0 Å². The molecular weight excluding hydrogens is 349 g/mol. The lowest BCUT2D eigenvalue weighted by Gasteiger charge is -2.23. The normalized spacial score (nSPS) is 26.4.